The quantitative estimate of drug-likeness (QED) is 0.323. The molecule has 4 rings (SSSR count). The summed E-state index contributed by atoms with van der Waals surface area (Å²) in [5.74, 6) is -1.70. The first-order chi connectivity index (χ1) is 16.6. The van der Waals surface area contributed by atoms with Crippen LogP contribution in [-0.2, 0) is 28.0 Å². The molecule has 1 aliphatic heterocycles. The van der Waals surface area contributed by atoms with Gasteiger partial charge in [-0.25, -0.2) is 9.23 Å². The minimum Gasteiger partial charge on any atom is -0.352 e. The van der Waals surface area contributed by atoms with E-state index >= 15 is 0 Å². The van der Waals surface area contributed by atoms with Crippen LogP contribution in [0.5, 0.6) is 0 Å². The average molecular weight is 557 g/mol. The molecule has 2 aromatic rings. The third kappa shape index (κ3) is 4.88. The van der Waals surface area contributed by atoms with Gasteiger partial charge in [0.25, 0.3) is 0 Å². The Bertz CT molecular complexity index is 1220. The van der Waals surface area contributed by atoms with Gasteiger partial charge in [0.2, 0.25) is 11.5 Å². The number of nitrogens with one attached hydrogen (secondary N) is 1. The summed E-state index contributed by atoms with van der Waals surface area (Å²) in [5.41, 5.74) is -5.79. The van der Waals surface area contributed by atoms with Gasteiger partial charge < -0.3 is 5.32 Å². The maximum absolute atomic E-state index is 14.3. The number of halogens is 9. The van der Waals surface area contributed by atoms with Crippen LogP contribution >= 0.6 is 23.2 Å². The van der Waals surface area contributed by atoms with E-state index in [1.165, 1.54) is 6.07 Å². The first-order valence-corrected chi connectivity index (χ1v) is 11.3. The molecule has 1 saturated carbocycles. The van der Waals surface area contributed by atoms with E-state index in [1.807, 2.05) is 0 Å². The average Bonchev–Trinajstić information content (AvgIpc) is 3.56. The summed E-state index contributed by atoms with van der Waals surface area (Å²) in [6.45, 7) is -0.394. The van der Waals surface area contributed by atoms with Gasteiger partial charge in [0, 0.05) is 30.6 Å². The van der Waals surface area contributed by atoms with Crippen LogP contribution in [0.2, 0.25) is 10.0 Å². The van der Waals surface area contributed by atoms with Crippen molar-refractivity contribution in [3.8, 4) is 0 Å². The number of rotatable bonds is 5. The van der Waals surface area contributed by atoms with E-state index in [0.29, 0.717) is 42.2 Å². The lowest BCUT2D eigenvalue weighted by atomic mass is 9.91. The number of carbonyl (C=O) groups excluding carboxylic acids is 1. The molecule has 1 fully saturated rings. The Morgan fingerprint density at radius 3 is 2.25 bits per heavy atom. The summed E-state index contributed by atoms with van der Waals surface area (Å²) in [6.07, 6.45) is -8.07. The van der Waals surface area contributed by atoms with E-state index in [2.05, 4.69) is 5.32 Å². The zero-order valence-electron chi connectivity index (χ0n) is 18.3. The van der Waals surface area contributed by atoms with Gasteiger partial charge in [-0.05, 0) is 42.7 Å². The summed E-state index contributed by atoms with van der Waals surface area (Å²) in [4.78, 5) is 17.0. The Hall–Kier alpha value is -2.50. The van der Waals surface area contributed by atoms with Gasteiger partial charge in [-0.15, -0.1) is 0 Å². The van der Waals surface area contributed by atoms with E-state index in [9.17, 15) is 35.5 Å². The number of alkyl halides is 6. The number of benzene rings is 2. The molecule has 1 unspecified atom stereocenters. The van der Waals surface area contributed by atoms with Crippen molar-refractivity contribution in [3.63, 3.8) is 0 Å². The molecular weight excluding hydrogens is 540 g/mol. The highest BCUT2D eigenvalue weighted by Gasteiger charge is 2.61. The van der Waals surface area contributed by atoms with E-state index in [-0.39, 0.29) is 28.6 Å². The second-order valence-electron chi connectivity index (χ2n) is 8.47. The molecule has 1 atom stereocenters. The first kappa shape index (κ1) is 26.6. The van der Waals surface area contributed by atoms with Crippen LogP contribution < -0.4 is 5.32 Å². The van der Waals surface area contributed by atoms with Gasteiger partial charge in [0.15, 0.2) is 5.82 Å². The van der Waals surface area contributed by atoms with Crippen LogP contribution in [-0.4, -0.2) is 24.2 Å². The molecule has 36 heavy (non-hydrogen) atoms. The van der Waals surface area contributed by atoms with Gasteiger partial charge in [0.05, 0.1) is 21.3 Å². The molecule has 1 heterocycles. The molecule has 194 valence electrons. The van der Waals surface area contributed by atoms with E-state index in [4.69, 9.17) is 28.0 Å². The lowest BCUT2D eigenvalue weighted by molar-refractivity contribution is -0.308. The Kier molecular flexibility index (Phi) is 6.72. The second-order valence-corrected chi connectivity index (χ2v) is 9.28. The first-order valence-electron chi connectivity index (χ1n) is 10.5. The Balaban J connectivity index is 1.78. The van der Waals surface area contributed by atoms with Crippen molar-refractivity contribution >= 4 is 34.8 Å². The Morgan fingerprint density at radius 2 is 1.72 bits per heavy atom. The number of hydrogen-bond acceptors (Lipinski definition) is 3. The standard InChI is InChI=1S/C23H17Cl2F7N2O2/c1-34-18(9-21(36-34,23(30,31)32)14-7-16(24)19(26)17(25)8-14)12-4-5-13(15(6-12)22(27,28)29)10-33-20(35)11-2-3-11/h4-9,11H,2-3,10H2,1H3,(H,33,35). The van der Waals surface area contributed by atoms with Crippen LogP contribution in [0.3, 0.4) is 0 Å². The molecule has 0 spiro atoms. The minimum atomic E-state index is -5.13. The normalized spacial score (nSPS) is 20.5. The predicted molar refractivity (Wildman–Crippen MR) is 117 cm³/mol. The topological polar surface area (TPSA) is 41.6 Å². The lowest BCUT2D eigenvalue weighted by Crippen LogP contribution is -2.42. The number of amides is 1. The lowest BCUT2D eigenvalue weighted by Gasteiger charge is -2.31. The van der Waals surface area contributed by atoms with Gasteiger partial charge >= 0.3 is 12.4 Å². The highest BCUT2D eigenvalue weighted by Crippen LogP contribution is 2.51. The Labute approximate surface area is 210 Å². The SMILES string of the molecule is CN1OC(c2cc(Cl)c(F)c(Cl)c2)(C(F)(F)F)C=C1c1ccc(CNC(=O)C2CC2)c(C(F)(F)F)c1. The van der Waals surface area contributed by atoms with Crippen molar-refractivity contribution in [1.82, 2.24) is 10.4 Å². The summed E-state index contributed by atoms with van der Waals surface area (Å²) >= 11 is 11.4. The van der Waals surface area contributed by atoms with Crippen molar-refractivity contribution in [1.29, 1.82) is 0 Å². The molecule has 0 saturated heterocycles. The van der Waals surface area contributed by atoms with Crippen molar-refractivity contribution in [2.45, 2.75) is 37.3 Å². The van der Waals surface area contributed by atoms with Crippen molar-refractivity contribution in [3.05, 3.63) is 74.5 Å². The van der Waals surface area contributed by atoms with Gasteiger partial charge in [-0.3, -0.25) is 9.86 Å². The third-order valence-electron chi connectivity index (χ3n) is 5.91. The summed E-state index contributed by atoms with van der Waals surface area (Å²) < 4.78 is 98.2. The summed E-state index contributed by atoms with van der Waals surface area (Å²) in [6, 6.07) is 4.34. The molecule has 13 heteroatoms. The highest BCUT2D eigenvalue weighted by molar-refractivity contribution is 6.35. The summed E-state index contributed by atoms with van der Waals surface area (Å²) in [5, 5.41) is 1.74. The van der Waals surface area contributed by atoms with E-state index in [0.717, 1.165) is 13.1 Å². The largest absolute Gasteiger partial charge is 0.428 e. The third-order valence-corrected chi connectivity index (χ3v) is 6.46. The van der Waals surface area contributed by atoms with Gasteiger partial charge in [-0.2, -0.15) is 26.3 Å². The van der Waals surface area contributed by atoms with Crippen LogP contribution in [0.25, 0.3) is 5.70 Å². The smallest absolute Gasteiger partial charge is 0.352 e. The monoisotopic (exact) mass is 556 g/mol. The van der Waals surface area contributed by atoms with Crippen molar-refractivity contribution in [2.75, 3.05) is 7.05 Å². The Morgan fingerprint density at radius 1 is 1.11 bits per heavy atom. The predicted octanol–water partition coefficient (Wildman–Crippen LogP) is 6.85. The van der Waals surface area contributed by atoms with Crippen LogP contribution in [0.4, 0.5) is 30.7 Å². The molecule has 4 nitrogen and oxygen atoms in total. The highest BCUT2D eigenvalue weighted by atomic mass is 35.5. The molecule has 0 aromatic heterocycles. The van der Waals surface area contributed by atoms with Gasteiger partial charge in [0.1, 0.15) is 0 Å². The fourth-order valence-corrected chi connectivity index (χ4v) is 4.36. The number of hydroxylamine groups is 2. The van der Waals surface area contributed by atoms with Crippen molar-refractivity contribution < 1.29 is 40.4 Å². The van der Waals surface area contributed by atoms with Crippen LogP contribution in [0, 0.1) is 11.7 Å². The molecule has 1 N–H and O–H groups in total. The number of hydrogen-bond donors (Lipinski definition) is 1. The van der Waals surface area contributed by atoms with Gasteiger partial charge in [-0.1, -0.05) is 35.3 Å². The van der Waals surface area contributed by atoms with E-state index < -0.39 is 51.5 Å². The van der Waals surface area contributed by atoms with Crippen LogP contribution in [0.15, 0.2) is 36.4 Å². The number of carbonyl (C=O) groups is 1. The van der Waals surface area contributed by atoms with Crippen molar-refractivity contribution in [2.24, 2.45) is 5.92 Å². The maximum Gasteiger partial charge on any atom is 0.428 e. The maximum atomic E-state index is 14.3. The molecule has 1 aliphatic carbocycles. The molecule has 0 radical (unpaired) electrons. The fourth-order valence-electron chi connectivity index (χ4n) is 3.87. The van der Waals surface area contributed by atoms with E-state index in [1.54, 1.807) is 0 Å². The zero-order chi connectivity index (χ0) is 26.6. The molecular formula is C23H17Cl2F7N2O2. The molecule has 0 bridgehead atoms. The summed E-state index contributed by atoms with van der Waals surface area (Å²) in [7, 11) is 1.09. The molecule has 2 aliphatic rings. The number of nitrogens with zero attached hydrogens (tertiary/aromatic N) is 1. The van der Waals surface area contributed by atoms with Crippen LogP contribution in [0.1, 0.15) is 35.1 Å². The molecule has 1 amide bonds. The minimum absolute atomic E-state index is 0.211. The zero-order valence-corrected chi connectivity index (χ0v) is 19.8. The fraction of sp³-hybridized carbons (Fsp3) is 0.348. The second kappa shape index (κ2) is 9.11. The molecule has 2 aromatic carbocycles.